The molecule has 84 valence electrons. The van der Waals surface area contributed by atoms with E-state index in [2.05, 4.69) is 25.3 Å². The van der Waals surface area contributed by atoms with Gasteiger partial charge >= 0.3 is 0 Å². The predicted octanol–water partition coefficient (Wildman–Crippen LogP) is 4.03. The van der Waals surface area contributed by atoms with E-state index in [0.717, 1.165) is 0 Å². The smallest absolute Gasteiger partial charge is 0.0362 e. The summed E-state index contributed by atoms with van der Waals surface area (Å²) >= 11 is 1.82. The quantitative estimate of drug-likeness (QED) is 0.822. The topological polar surface area (TPSA) is 26.0 Å². The van der Waals surface area contributed by atoms with Crippen LogP contribution in [0.4, 0.5) is 0 Å². The van der Waals surface area contributed by atoms with Gasteiger partial charge in [-0.2, -0.15) is 0 Å². The highest BCUT2D eigenvalue weighted by Crippen LogP contribution is 2.49. The molecule has 1 aliphatic carbocycles. The van der Waals surface area contributed by atoms with Gasteiger partial charge in [0.25, 0.3) is 0 Å². The minimum absolute atomic E-state index is 0.260. The van der Waals surface area contributed by atoms with Crippen molar-refractivity contribution in [1.29, 1.82) is 0 Å². The molecule has 2 rings (SSSR count). The molecule has 1 saturated carbocycles. The van der Waals surface area contributed by atoms with Gasteiger partial charge in [0.1, 0.15) is 0 Å². The Labute approximate surface area is 96.7 Å². The van der Waals surface area contributed by atoms with Gasteiger partial charge in [0.05, 0.1) is 0 Å². The number of hydrogen-bond acceptors (Lipinski definition) is 2. The molecule has 2 heteroatoms. The average molecular weight is 223 g/mol. The van der Waals surface area contributed by atoms with Gasteiger partial charge < -0.3 is 5.73 Å². The van der Waals surface area contributed by atoms with E-state index in [4.69, 9.17) is 5.73 Å². The van der Waals surface area contributed by atoms with Crippen molar-refractivity contribution in [3.63, 3.8) is 0 Å². The molecular formula is C13H21NS. The number of aryl methyl sites for hydroxylation is 1. The molecule has 1 atom stereocenters. The predicted molar refractivity (Wildman–Crippen MR) is 67.2 cm³/mol. The minimum atomic E-state index is 0.260. The van der Waals surface area contributed by atoms with Crippen LogP contribution in [0.2, 0.25) is 0 Å². The number of rotatable bonds is 3. The molecule has 0 amide bonds. The molecule has 0 bridgehead atoms. The van der Waals surface area contributed by atoms with Crippen molar-refractivity contribution >= 4 is 11.3 Å². The van der Waals surface area contributed by atoms with Crippen LogP contribution in [0.25, 0.3) is 0 Å². The van der Waals surface area contributed by atoms with Crippen molar-refractivity contribution in [3.05, 3.63) is 21.9 Å². The maximum absolute atomic E-state index is 6.50. The zero-order valence-electron chi connectivity index (χ0n) is 9.75. The fourth-order valence-electron chi connectivity index (χ4n) is 3.01. The molecule has 0 saturated heterocycles. The summed E-state index contributed by atoms with van der Waals surface area (Å²) < 4.78 is 0. The largest absolute Gasteiger partial charge is 0.323 e. The van der Waals surface area contributed by atoms with Crippen molar-refractivity contribution in [2.45, 2.75) is 52.0 Å². The standard InChI is InChI=1S/C13H21NS/c1-3-13(7-4-5-8-13)12(14)11-6-9-15-10(11)2/h6,9,12H,3-5,7-8,14H2,1-2H3. The first-order chi connectivity index (χ1) is 7.19. The summed E-state index contributed by atoms with van der Waals surface area (Å²) in [7, 11) is 0. The first-order valence-corrected chi connectivity index (χ1v) is 6.87. The molecule has 0 radical (unpaired) electrons. The van der Waals surface area contributed by atoms with Crippen LogP contribution in [0.15, 0.2) is 11.4 Å². The van der Waals surface area contributed by atoms with Gasteiger partial charge in [-0.1, -0.05) is 19.8 Å². The molecule has 15 heavy (non-hydrogen) atoms. The molecule has 1 aromatic heterocycles. The highest BCUT2D eigenvalue weighted by atomic mass is 32.1. The minimum Gasteiger partial charge on any atom is -0.323 e. The lowest BCUT2D eigenvalue weighted by molar-refractivity contribution is 0.222. The van der Waals surface area contributed by atoms with Gasteiger partial charge in [0.2, 0.25) is 0 Å². The van der Waals surface area contributed by atoms with E-state index in [1.54, 1.807) is 0 Å². The number of thiophene rings is 1. The van der Waals surface area contributed by atoms with Crippen LogP contribution in [0, 0.1) is 12.3 Å². The van der Waals surface area contributed by atoms with E-state index in [1.807, 2.05) is 11.3 Å². The molecule has 0 spiro atoms. The van der Waals surface area contributed by atoms with Crippen LogP contribution >= 0.6 is 11.3 Å². The molecule has 1 fully saturated rings. The van der Waals surface area contributed by atoms with Crippen molar-refractivity contribution in [2.24, 2.45) is 11.1 Å². The Bertz CT molecular complexity index is 323. The molecule has 1 aromatic rings. The highest BCUT2D eigenvalue weighted by Gasteiger charge is 2.39. The van der Waals surface area contributed by atoms with Crippen molar-refractivity contribution in [2.75, 3.05) is 0 Å². The summed E-state index contributed by atoms with van der Waals surface area (Å²) in [5.74, 6) is 0. The zero-order chi connectivity index (χ0) is 10.9. The van der Waals surface area contributed by atoms with Crippen molar-refractivity contribution in [3.8, 4) is 0 Å². The molecule has 0 aliphatic heterocycles. The van der Waals surface area contributed by atoms with E-state index in [0.29, 0.717) is 5.41 Å². The van der Waals surface area contributed by atoms with Crippen LogP contribution in [-0.4, -0.2) is 0 Å². The maximum atomic E-state index is 6.50. The van der Waals surface area contributed by atoms with Crippen LogP contribution < -0.4 is 5.73 Å². The molecule has 2 N–H and O–H groups in total. The van der Waals surface area contributed by atoms with E-state index < -0.39 is 0 Å². The van der Waals surface area contributed by atoms with Crippen LogP contribution in [0.5, 0.6) is 0 Å². The zero-order valence-corrected chi connectivity index (χ0v) is 10.6. The maximum Gasteiger partial charge on any atom is 0.0362 e. The summed E-state index contributed by atoms with van der Waals surface area (Å²) in [6, 6.07) is 2.48. The lowest BCUT2D eigenvalue weighted by Gasteiger charge is -2.34. The molecule has 1 aliphatic rings. The monoisotopic (exact) mass is 223 g/mol. The second-order valence-electron chi connectivity index (χ2n) is 4.83. The van der Waals surface area contributed by atoms with Crippen LogP contribution in [-0.2, 0) is 0 Å². The van der Waals surface area contributed by atoms with Crippen LogP contribution in [0.1, 0.15) is 55.5 Å². The fraction of sp³-hybridized carbons (Fsp3) is 0.692. The Morgan fingerprint density at radius 1 is 1.47 bits per heavy atom. The lowest BCUT2D eigenvalue weighted by atomic mass is 9.74. The highest BCUT2D eigenvalue weighted by molar-refractivity contribution is 7.10. The van der Waals surface area contributed by atoms with Gasteiger partial charge in [0, 0.05) is 10.9 Å². The normalized spacial score (nSPS) is 21.8. The number of hydrogen-bond donors (Lipinski definition) is 1. The first-order valence-electron chi connectivity index (χ1n) is 5.99. The Balaban J connectivity index is 2.26. The van der Waals surface area contributed by atoms with E-state index in [-0.39, 0.29) is 6.04 Å². The fourth-order valence-corrected chi connectivity index (χ4v) is 3.76. The third-order valence-electron chi connectivity index (χ3n) is 4.20. The van der Waals surface area contributed by atoms with Gasteiger partial charge in [-0.3, -0.25) is 0 Å². The van der Waals surface area contributed by atoms with E-state index >= 15 is 0 Å². The Morgan fingerprint density at radius 3 is 2.60 bits per heavy atom. The lowest BCUT2D eigenvalue weighted by Crippen LogP contribution is -2.31. The Morgan fingerprint density at radius 2 is 2.13 bits per heavy atom. The summed E-state index contributed by atoms with van der Waals surface area (Å²) in [5.41, 5.74) is 8.28. The van der Waals surface area contributed by atoms with Crippen LogP contribution in [0.3, 0.4) is 0 Å². The summed E-state index contributed by atoms with van der Waals surface area (Å²) in [6.45, 7) is 4.49. The first kappa shape index (κ1) is 11.2. The SMILES string of the molecule is CCC1(C(N)c2ccsc2C)CCCC1. The summed E-state index contributed by atoms with van der Waals surface area (Å²) in [5, 5.41) is 2.17. The summed E-state index contributed by atoms with van der Waals surface area (Å²) in [6.07, 6.45) is 6.60. The Hall–Kier alpha value is -0.340. The molecule has 1 unspecified atom stereocenters. The van der Waals surface area contributed by atoms with Crippen molar-refractivity contribution < 1.29 is 0 Å². The van der Waals surface area contributed by atoms with E-state index in [9.17, 15) is 0 Å². The number of nitrogens with two attached hydrogens (primary N) is 1. The van der Waals surface area contributed by atoms with E-state index in [1.165, 1.54) is 42.5 Å². The van der Waals surface area contributed by atoms with Gasteiger partial charge in [-0.05, 0) is 48.6 Å². The third kappa shape index (κ3) is 1.85. The second kappa shape index (κ2) is 4.26. The molecule has 1 nitrogen and oxygen atoms in total. The van der Waals surface area contributed by atoms with Gasteiger partial charge in [0.15, 0.2) is 0 Å². The van der Waals surface area contributed by atoms with Gasteiger partial charge in [-0.25, -0.2) is 0 Å². The molecular weight excluding hydrogens is 202 g/mol. The van der Waals surface area contributed by atoms with Gasteiger partial charge in [-0.15, -0.1) is 11.3 Å². The molecule has 0 aromatic carbocycles. The second-order valence-corrected chi connectivity index (χ2v) is 5.95. The third-order valence-corrected chi connectivity index (χ3v) is 5.06. The molecule has 1 heterocycles. The summed E-state index contributed by atoms with van der Waals surface area (Å²) in [4.78, 5) is 1.40. The average Bonchev–Trinajstić information content (AvgIpc) is 2.86. The van der Waals surface area contributed by atoms with Crippen molar-refractivity contribution in [1.82, 2.24) is 0 Å². The Kier molecular flexibility index (Phi) is 3.17.